The molecule has 1 saturated heterocycles. The van der Waals surface area contributed by atoms with Crippen LogP contribution in [0.5, 0.6) is 0 Å². The van der Waals surface area contributed by atoms with Gasteiger partial charge in [-0.3, -0.25) is 4.79 Å². The lowest BCUT2D eigenvalue weighted by Gasteiger charge is -2.15. The summed E-state index contributed by atoms with van der Waals surface area (Å²) in [5.74, 6) is -0.130. The van der Waals surface area contributed by atoms with Gasteiger partial charge in [0.25, 0.3) is 0 Å². The standard InChI is InChI=1S/C14H16FN3OS/c15-10-3-4-12-11(9-10)16-14(20)18(12)8-5-13(19)17-6-1-2-7-17/h3-4,9H,1-2,5-8H2,(H,16,20). The normalized spacial score (nSPS) is 15.2. The van der Waals surface area contributed by atoms with Crippen molar-refractivity contribution in [3.8, 4) is 0 Å². The Morgan fingerprint density at radius 2 is 2.10 bits per heavy atom. The summed E-state index contributed by atoms with van der Waals surface area (Å²) in [6.45, 7) is 2.26. The maximum Gasteiger partial charge on any atom is 0.224 e. The molecule has 1 fully saturated rings. The average molecular weight is 293 g/mol. The van der Waals surface area contributed by atoms with E-state index in [1.165, 1.54) is 12.1 Å². The Morgan fingerprint density at radius 3 is 2.85 bits per heavy atom. The summed E-state index contributed by atoms with van der Waals surface area (Å²) in [5.41, 5.74) is 1.51. The van der Waals surface area contributed by atoms with Crippen molar-refractivity contribution in [2.24, 2.45) is 0 Å². The van der Waals surface area contributed by atoms with Crippen molar-refractivity contribution < 1.29 is 9.18 Å². The Hall–Kier alpha value is -1.69. The number of aryl methyl sites for hydroxylation is 1. The van der Waals surface area contributed by atoms with Gasteiger partial charge in [0, 0.05) is 26.1 Å². The highest BCUT2D eigenvalue weighted by atomic mass is 32.1. The third kappa shape index (κ3) is 2.47. The molecule has 3 rings (SSSR count). The zero-order chi connectivity index (χ0) is 14.1. The molecule has 2 heterocycles. The Morgan fingerprint density at radius 1 is 1.35 bits per heavy atom. The number of rotatable bonds is 3. The van der Waals surface area contributed by atoms with E-state index >= 15 is 0 Å². The molecule has 0 unspecified atom stereocenters. The number of amides is 1. The number of nitrogens with zero attached hydrogens (tertiary/aromatic N) is 2. The van der Waals surface area contributed by atoms with E-state index in [4.69, 9.17) is 12.2 Å². The number of carbonyl (C=O) groups excluding carboxylic acids is 1. The fourth-order valence-corrected chi connectivity index (χ4v) is 2.99. The Bertz CT molecular complexity index is 700. The van der Waals surface area contributed by atoms with Gasteiger partial charge in [-0.2, -0.15) is 0 Å². The second-order valence-corrected chi connectivity index (χ2v) is 5.47. The molecule has 0 aliphatic carbocycles. The van der Waals surface area contributed by atoms with Gasteiger partial charge in [-0.1, -0.05) is 0 Å². The highest BCUT2D eigenvalue weighted by molar-refractivity contribution is 7.71. The molecule has 1 N–H and O–H groups in total. The van der Waals surface area contributed by atoms with Crippen molar-refractivity contribution in [3.05, 3.63) is 28.8 Å². The van der Waals surface area contributed by atoms with Gasteiger partial charge in [0.15, 0.2) is 4.77 Å². The minimum absolute atomic E-state index is 0.167. The molecule has 0 radical (unpaired) electrons. The first-order valence-corrected chi connectivity index (χ1v) is 7.22. The van der Waals surface area contributed by atoms with Gasteiger partial charge in [0.05, 0.1) is 11.0 Å². The van der Waals surface area contributed by atoms with E-state index in [9.17, 15) is 9.18 Å². The summed E-state index contributed by atoms with van der Waals surface area (Å²) < 4.78 is 15.6. The van der Waals surface area contributed by atoms with Crippen LogP contribution in [0, 0.1) is 10.6 Å². The van der Waals surface area contributed by atoms with E-state index in [1.807, 2.05) is 9.47 Å². The van der Waals surface area contributed by atoms with E-state index in [-0.39, 0.29) is 11.7 Å². The zero-order valence-corrected chi connectivity index (χ0v) is 11.9. The number of carbonyl (C=O) groups is 1. The van der Waals surface area contributed by atoms with Crippen molar-refractivity contribution in [1.29, 1.82) is 0 Å². The molecule has 20 heavy (non-hydrogen) atoms. The fourth-order valence-electron chi connectivity index (χ4n) is 2.69. The van der Waals surface area contributed by atoms with Crippen LogP contribution in [0.25, 0.3) is 11.0 Å². The Labute approximate surface area is 121 Å². The van der Waals surface area contributed by atoms with E-state index in [1.54, 1.807) is 6.07 Å². The number of halogens is 1. The fraction of sp³-hybridized carbons (Fsp3) is 0.429. The SMILES string of the molecule is O=C(CCn1c(=S)[nH]c2cc(F)ccc21)N1CCCC1. The predicted molar refractivity (Wildman–Crippen MR) is 77.5 cm³/mol. The quantitative estimate of drug-likeness (QED) is 0.884. The third-order valence-electron chi connectivity index (χ3n) is 3.74. The van der Waals surface area contributed by atoms with Crippen LogP contribution in [-0.4, -0.2) is 33.4 Å². The lowest BCUT2D eigenvalue weighted by molar-refractivity contribution is -0.130. The molecule has 106 valence electrons. The molecule has 1 aliphatic rings. The number of fused-ring (bicyclic) bond motifs is 1. The topological polar surface area (TPSA) is 41.0 Å². The second-order valence-electron chi connectivity index (χ2n) is 5.08. The van der Waals surface area contributed by atoms with E-state index in [0.717, 1.165) is 31.4 Å². The number of hydrogen-bond donors (Lipinski definition) is 1. The average Bonchev–Trinajstić information content (AvgIpc) is 3.03. The van der Waals surface area contributed by atoms with Crippen molar-refractivity contribution in [1.82, 2.24) is 14.5 Å². The van der Waals surface area contributed by atoms with E-state index in [0.29, 0.717) is 23.3 Å². The van der Waals surface area contributed by atoms with Crippen LogP contribution in [0.1, 0.15) is 19.3 Å². The van der Waals surface area contributed by atoms with Crippen molar-refractivity contribution in [2.75, 3.05) is 13.1 Å². The first kappa shape index (κ1) is 13.3. The number of hydrogen-bond acceptors (Lipinski definition) is 2. The van der Waals surface area contributed by atoms with Crippen LogP contribution in [0.3, 0.4) is 0 Å². The van der Waals surface area contributed by atoms with Gasteiger partial charge >= 0.3 is 0 Å². The van der Waals surface area contributed by atoms with Crippen LogP contribution in [0.2, 0.25) is 0 Å². The number of likely N-dealkylation sites (tertiary alicyclic amines) is 1. The number of imidazole rings is 1. The maximum absolute atomic E-state index is 13.2. The summed E-state index contributed by atoms with van der Waals surface area (Å²) in [5, 5.41) is 0. The molecular formula is C14H16FN3OS. The minimum Gasteiger partial charge on any atom is -0.343 e. The zero-order valence-electron chi connectivity index (χ0n) is 11.1. The van der Waals surface area contributed by atoms with Gasteiger partial charge < -0.3 is 14.5 Å². The third-order valence-corrected chi connectivity index (χ3v) is 4.07. The number of nitrogens with one attached hydrogen (secondary N) is 1. The van der Waals surface area contributed by atoms with Crippen molar-refractivity contribution >= 4 is 29.2 Å². The smallest absolute Gasteiger partial charge is 0.224 e. The molecule has 0 atom stereocenters. The highest BCUT2D eigenvalue weighted by Gasteiger charge is 2.17. The van der Waals surface area contributed by atoms with Crippen molar-refractivity contribution in [2.45, 2.75) is 25.8 Å². The van der Waals surface area contributed by atoms with Crippen molar-refractivity contribution in [3.63, 3.8) is 0 Å². The molecule has 0 spiro atoms. The molecule has 1 aromatic heterocycles. The summed E-state index contributed by atoms with van der Waals surface area (Å²) in [6, 6.07) is 4.52. The first-order chi connectivity index (χ1) is 9.65. The maximum atomic E-state index is 13.2. The number of aromatic nitrogens is 2. The number of aromatic amines is 1. The van der Waals surface area contributed by atoms with Crippen LogP contribution < -0.4 is 0 Å². The van der Waals surface area contributed by atoms with Crippen LogP contribution in [0.4, 0.5) is 4.39 Å². The molecule has 1 amide bonds. The van der Waals surface area contributed by atoms with Crippen LogP contribution in [-0.2, 0) is 11.3 Å². The lowest BCUT2D eigenvalue weighted by atomic mass is 10.3. The summed E-state index contributed by atoms with van der Waals surface area (Å²) in [4.78, 5) is 16.9. The molecule has 0 bridgehead atoms. The molecule has 2 aromatic rings. The molecule has 4 nitrogen and oxygen atoms in total. The van der Waals surface area contributed by atoms with Gasteiger partial charge in [0.2, 0.25) is 5.91 Å². The Kier molecular flexibility index (Phi) is 3.56. The largest absolute Gasteiger partial charge is 0.343 e. The van der Waals surface area contributed by atoms with Gasteiger partial charge in [-0.15, -0.1) is 0 Å². The van der Waals surface area contributed by atoms with Gasteiger partial charge in [0.1, 0.15) is 5.82 Å². The molecule has 0 saturated carbocycles. The van der Waals surface area contributed by atoms with Gasteiger partial charge in [-0.05, 0) is 43.3 Å². The van der Waals surface area contributed by atoms with E-state index in [2.05, 4.69) is 4.98 Å². The summed E-state index contributed by atoms with van der Waals surface area (Å²) >= 11 is 5.24. The number of benzene rings is 1. The highest BCUT2D eigenvalue weighted by Crippen LogP contribution is 2.17. The Balaban J connectivity index is 1.78. The first-order valence-electron chi connectivity index (χ1n) is 6.81. The molecular weight excluding hydrogens is 277 g/mol. The van der Waals surface area contributed by atoms with E-state index < -0.39 is 0 Å². The number of H-pyrrole nitrogens is 1. The molecule has 6 heteroatoms. The minimum atomic E-state index is -0.297. The predicted octanol–water partition coefficient (Wildman–Crippen LogP) is 2.85. The molecule has 1 aromatic carbocycles. The van der Waals surface area contributed by atoms with Gasteiger partial charge in [-0.25, -0.2) is 4.39 Å². The molecule has 1 aliphatic heterocycles. The summed E-state index contributed by atoms with van der Waals surface area (Å²) in [7, 11) is 0. The van der Waals surface area contributed by atoms with Crippen LogP contribution >= 0.6 is 12.2 Å². The monoisotopic (exact) mass is 293 g/mol. The lowest BCUT2D eigenvalue weighted by Crippen LogP contribution is -2.28. The summed E-state index contributed by atoms with van der Waals surface area (Å²) in [6.07, 6.45) is 2.62. The second kappa shape index (κ2) is 5.36. The van der Waals surface area contributed by atoms with Crippen LogP contribution in [0.15, 0.2) is 18.2 Å².